The summed E-state index contributed by atoms with van der Waals surface area (Å²) in [5, 5.41) is 15.3. The van der Waals surface area contributed by atoms with Gasteiger partial charge in [-0.2, -0.15) is 18.3 Å². The fourth-order valence-corrected chi connectivity index (χ4v) is 3.88. The summed E-state index contributed by atoms with van der Waals surface area (Å²) < 4.78 is 42.5. The second-order valence-corrected chi connectivity index (χ2v) is 7.80. The standard InChI is InChI=1S/C23H21F3N4O3/c1-14(16-7-9-17(10-8-16)22(32)33)27-20(31)18-19(23(24,25)26)28-30-12-11-29(21(18)30)13-15-5-3-2-4-6-15/h2-10,14H,11-13H2,1H3,(H,27,31)(H,32,33)/t14-/m0/s1. The van der Waals surface area contributed by atoms with Crippen LogP contribution in [0, 0.1) is 0 Å². The number of nitrogens with zero attached hydrogens (tertiary/aromatic N) is 3. The maximum Gasteiger partial charge on any atom is 0.436 e. The van der Waals surface area contributed by atoms with Crippen molar-refractivity contribution in [3.63, 3.8) is 0 Å². The number of alkyl halides is 3. The Morgan fingerprint density at radius 3 is 2.36 bits per heavy atom. The normalized spacial score (nSPS) is 14.1. The lowest BCUT2D eigenvalue weighted by molar-refractivity contribution is -0.141. The Morgan fingerprint density at radius 1 is 1.09 bits per heavy atom. The second kappa shape index (κ2) is 8.61. The highest BCUT2D eigenvalue weighted by Crippen LogP contribution is 2.38. The lowest BCUT2D eigenvalue weighted by Gasteiger charge is -2.21. The number of aromatic nitrogens is 2. The van der Waals surface area contributed by atoms with Crippen molar-refractivity contribution in [1.29, 1.82) is 0 Å². The Bertz CT molecular complexity index is 1170. The third kappa shape index (κ3) is 4.55. The van der Waals surface area contributed by atoms with Crippen LogP contribution in [0.1, 0.15) is 50.5 Å². The number of hydrogen-bond donors (Lipinski definition) is 2. The van der Waals surface area contributed by atoms with E-state index in [2.05, 4.69) is 10.4 Å². The minimum absolute atomic E-state index is 0.0719. The van der Waals surface area contributed by atoms with Gasteiger partial charge in [0.2, 0.25) is 0 Å². The van der Waals surface area contributed by atoms with Crippen LogP contribution < -0.4 is 10.2 Å². The average Bonchev–Trinajstić information content (AvgIpc) is 3.34. The predicted molar refractivity (Wildman–Crippen MR) is 114 cm³/mol. The SMILES string of the molecule is C[C@H](NC(=O)c1c(C(F)(F)F)nn2c1N(Cc1ccccc1)CC2)c1ccc(C(=O)O)cc1. The second-order valence-electron chi connectivity index (χ2n) is 7.80. The molecular weight excluding hydrogens is 437 g/mol. The van der Waals surface area contributed by atoms with Crippen LogP contribution in [0.25, 0.3) is 0 Å². The van der Waals surface area contributed by atoms with Crippen LogP contribution in [0.5, 0.6) is 0 Å². The van der Waals surface area contributed by atoms with E-state index in [-0.39, 0.29) is 17.9 Å². The molecule has 0 unspecified atom stereocenters. The van der Waals surface area contributed by atoms with Crippen molar-refractivity contribution in [3.8, 4) is 0 Å². The van der Waals surface area contributed by atoms with E-state index < -0.39 is 35.4 Å². The highest BCUT2D eigenvalue weighted by molar-refractivity contribution is 6.01. The smallest absolute Gasteiger partial charge is 0.436 e. The third-order valence-electron chi connectivity index (χ3n) is 5.52. The van der Waals surface area contributed by atoms with Crippen molar-refractivity contribution < 1.29 is 27.9 Å². The zero-order valence-electron chi connectivity index (χ0n) is 17.6. The van der Waals surface area contributed by atoms with Gasteiger partial charge < -0.3 is 15.3 Å². The first-order chi connectivity index (χ1) is 15.6. The molecule has 0 fully saturated rings. The van der Waals surface area contributed by atoms with E-state index in [1.807, 2.05) is 30.3 Å². The quantitative estimate of drug-likeness (QED) is 0.581. The van der Waals surface area contributed by atoms with E-state index in [4.69, 9.17) is 5.11 Å². The van der Waals surface area contributed by atoms with Gasteiger partial charge in [-0.1, -0.05) is 42.5 Å². The van der Waals surface area contributed by atoms with E-state index in [9.17, 15) is 22.8 Å². The number of anilines is 1. The van der Waals surface area contributed by atoms with Gasteiger partial charge in [0.1, 0.15) is 11.4 Å². The van der Waals surface area contributed by atoms with E-state index in [1.165, 1.54) is 28.9 Å². The van der Waals surface area contributed by atoms with Gasteiger partial charge in [-0.25, -0.2) is 9.48 Å². The summed E-state index contributed by atoms with van der Waals surface area (Å²) in [7, 11) is 0. The fraction of sp³-hybridized carbons (Fsp3) is 0.261. The Labute approximate surface area is 187 Å². The molecule has 1 aliphatic heterocycles. The maximum atomic E-state index is 13.8. The van der Waals surface area contributed by atoms with E-state index >= 15 is 0 Å². The number of amides is 1. The van der Waals surface area contributed by atoms with Crippen LogP contribution in [0.4, 0.5) is 19.0 Å². The van der Waals surface area contributed by atoms with Gasteiger partial charge in [-0.05, 0) is 30.2 Å². The fourth-order valence-electron chi connectivity index (χ4n) is 3.88. The molecule has 0 saturated carbocycles. The van der Waals surface area contributed by atoms with Crippen LogP contribution in [0.3, 0.4) is 0 Å². The largest absolute Gasteiger partial charge is 0.478 e. The summed E-state index contributed by atoms with van der Waals surface area (Å²) >= 11 is 0. The number of nitrogens with one attached hydrogen (secondary N) is 1. The lowest BCUT2D eigenvalue weighted by Crippen LogP contribution is -2.31. The molecule has 10 heteroatoms. The van der Waals surface area contributed by atoms with Gasteiger partial charge in [0.15, 0.2) is 5.69 Å². The Morgan fingerprint density at radius 2 is 1.76 bits per heavy atom. The first-order valence-electron chi connectivity index (χ1n) is 10.3. The highest BCUT2D eigenvalue weighted by atomic mass is 19.4. The Kier molecular flexibility index (Phi) is 5.84. The molecule has 1 aliphatic rings. The minimum Gasteiger partial charge on any atom is -0.478 e. The van der Waals surface area contributed by atoms with E-state index in [1.54, 1.807) is 11.8 Å². The molecule has 7 nitrogen and oxygen atoms in total. The molecule has 172 valence electrons. The molecule has 0 radical (unpaired) electrons. The summed E-state index contributed by atoms with van der Waals surface area (Å²) in [5.74, 6) is -1.85. The first-order valence-corrected chi connectivity index (χ1v) is 10.3. The molecule has 0 aliphatic carbocycles. The van der Waals surface area contributed by atoms with Gasteiger partial charge >= 0.3 is 12.1 Å². The molecule has 2 heterocycles. The number of aromatic carboxylic acids is 1. The number of halogens is 3. The molecule has 33 heavy (non-hydrogen) atoms. The number of carbonyl (C=O) groups is 2. The Balaban J connectivity index is 1.64. The number of carboxylic acids is 1. The molecule has 0 spiro atoms. The van der Waals surface area contributed by atoms with Crippen molar-refractivity contribution in [3.05, 3.63) is 82.5 Å². The topological polar surface area (TPSA) is 87.5 Å². The van der Waals surface area contributed by atoms with Gasteiger partial charge in [-0.3, -0.25) is 4.79 Å². The monoisotopic (exact) mass is 458 g/mol. The van der Waals surface area contributed by atoms with Gasteiger partial charge in [0.05, 0.1) is 18.2 Å². The van der Waals surface area contributed by atoms with Crippen molar-refractivity contribution >= 4 is 17.7 Å². The molecule has 1 amide bonds. The van der Waals surface area contributed by atoms with Gasteiger partial charge in [0, 0.05) is 13.1 Å². The molecule has 0 saturated heterocycles. The molecule has 0 bridgehead atoms. The average molecular weight is 458 g/mol. The summed E-state index contributed by atoms with van der Waals surface area (Å²) in [6.07, 6.45) is -4.80. The number of rotatable bonds is 6. The summed E-state index contributed by atoms with van der Waals surface area (Å²) in [6, 6.07) is 14.4. The van der Waals surface area contributed by atoms with Crippen LogP contribution >= 0.6 is 0 Å². The van der Waals surface area contributed by atoms with Crippen LogP contribution in [-0.4, -0.2) is 33.3 Å². The predicted octanol–water partition coefficient (Wildman–Crippen LogP) is 4.11. The van der Waals surface area contributed by atoms with Crippen LogP contribution in [0.2, 0.25) is 0 Å². The van der Waals surface area contributed by atoms with Crippen LogP contribution in [0.15, 0.2) is 54.6 Å². The lowest BCUT2D eigenvalue weighted by atomic mass is 10.1. The molecule has 2 aromatic carbocycles. The maximum absolute atomic E-state index is 13.8. The number of hydrogen-bond acceptors (Lipinski definition) is 4. The third-order valence-corrected chi connectivity index (χ3v) is 5.52. The van der Waals surface area contributed by atoms with Crippen molar-refractivity contribution in [2.75, 3.05) is 11.4 Å². The van der Waals surface area contributed by atoms with E-state index in [0.29, 0.717) is 18.7 Å². The first kappa shape index (κ1) is 22.4. The molecule has 2 N–H and O–H groups in total. The van der Waals surface area contributed by atoms with Gasteiger partial charge in [-0.15, -0.1) is 0 Å². The highest BCUT2D eigenvalue weighted by Gasteiger charge is 2.44. The number of benzene rings is 2. The van der Waals surface area contributed by atoms with Crippen LogP contribution in [-0.2, 0) is 19.3 Å². The molecular formula is C23H21F3N4O3. The Hall–Kier alpha value is -3.82. The van der Waals surface area contributed by atoms with E-state index in [0.717, 1.165) is 5.56 Å². The van der Waals surface area contributed by atoms with Crippen molar-refractivity contribution in [2.24, 2.45) is 0 Å². The van der Waals surface area contributed by atoms with Gasteiger partial charge in [0.25, 0.3) is 5.91 Å². The van der Waals surface area contributed by atoms with Crippen molar-refractivity contribution in [2.45, 2.75) is 32.2 Å². The van der Waals surface area contributed by atoms with Crippen molar-refractivity contribution in [1.82, 2.24) is 15.1 Å². The number of carbonyl (C=O) groups excluding carboxylic acids is 1. The summed E-state index contributed by atoms with van der Waals surface area (Å²) in [4.78, 5) is 25.9. The summed E-state index contributed by atoms with van der Waals surface area (Å²) in [6.45, 7) is 2.63. The molecule has 3 aromatic rings. The number of carboxylic acid groups (broad SMARTS) is 1. The molecule has 4 rings (SSSR count). The zero-order valence-corrected chi connectivity index (χ0v) is 17.6. The molecule has 1 atom stereocenters. The zero-order chi connectivity index (χ0) is 23.8. The number of fused-ring (bicyclic) bond motifs is 1. The molecule has 1 aromatic heterocycles. The summed E-state index contributed by atoms with van der Waals surface area (Å²) in [5.41, 5.74) is -0.195. The minimum atomic E-state index is -4.80.